The van der Waals surface area contributed by atoms with Gasteiger partial charge in [0.15, 0.2) is 5.67 Å². The van der Waals surface area contributed by atoms with Crippen molar-refractivity contribution < 1.29 is 22.0 Å². The van der Waals surface area contributed by atoms with Crippen LogP contribution in [0.4, 0.5) is 22.0 Å². The van der Waals surface area contributed by atoms with Gasteiger partial charge in [-0.25, -0.2) is 8.78 Å². The van der Waals surface area contributed by atoms with Crippen molar-refractivity contribution in [3.63, 3.8) is 0 Å². The number of hydrogen-bond acceptors (Lipinski definition) is 0. The highest BCUT2D eigenvalue weighted by atomic mass is 19.4. The molecule has 0 amide bonds. The summed E-state index contributed by atoms with van der Waals surface area (Å²) in [7, 11) is 0. The molecule has 0 nitrogen and oxygen atoms in total. The molecular formula is C7H9F5. The van der Waals surface area contributed by atoms with Crippen molar-refractivity contribution in [2.75, 3.05) is 0 Å². The fourth-order valence-corrected chi connectivity index (χ4v) is 0.469. The summed E-state index contributed by atoms with van der Waals surface area (Å²) in [6, 6.07) is 0. The molecule has 72 valence electrons. The van der Waals surface area contributed by atoms with Crippen LogP contribution in [0.1, 0.15) is 13.8 Å². The second-order valence-corrected chi connectivity index (χ2v) is 2.78. The first-order valence-corrected chi connectivity index (χ1v) is 3.14. The molecule has 0 aromatic carbocycles. The molecule has 5 heteroatoms. The maximum Gasteiger partial charge on any atom is 0.425 e. The number of halogens is 5. The van der Waals surface area contributed by atoms with Gasteiger partial charge in [0.1, 0.15) is 0 Å². The highest BCUT2D eigenvalue weighted by Gasteiger charge is 2.63. The molecule has 0 aromatic rings. The van der Waals surface area contributed by atoms with Crippen LogP contribution >= 0.6 is 0 Å². The Labute approximate surface area is 67.1 Å². The normalized spacial score (nSPS) is 22.6. The van der Waals surface area contributed by atoms with Crippen LogP contribution in [-0.4, -0.2) is 17.5 Å². The van der Waals surface area contributed by atoms with Gasteiger partial charge in [0.25, 0.3) is 0 Å². The van der Waals surface area contributed by atoms with Crippen LogP contribution in [0.5, 0.6) is 0 Å². The van der Waals surface area contributed by atoms with E-state index in [-0.39, 0.29) is 6.92 Å². The lowest BCUT2D eigenvalue weighted by atomic mass is 9.89. The van der Waals surface area contributed by atoms with Crippen LogP contribution in [0.2, 0.25) is 0 Å². The van der Waals surface area contributed by atoms with Crippen molar-refractivity contribution in [2.24, 2.45) is 0 Å². The molecule has 0 saturated heterocycles. The maximum absolute atomic E-state index is 12.9. The summed E-state index contributed by atoms with van der Waals surface area (Å²) >= 11 is 0. The van der Waals surface area contributed by atoms with E-state index in [0.29, 0.717) is 13.0 Å². The molecular weight excluding hydrogens is 179 g/mol. The van der Waals surface area contributed by atoms with Crippen LogP contribution in [0, 0.1) is 0 Å². The van der Waals surface area contributed by atoms with Crippen molar-refractivity contribution in [2.45, 2.75) is 31.4 Å². The second kappa shape index (κ2) is 2.71. The molecule has 0 bridgehead atoms. The minimum Gasteiger partial charge on any atom is -0.236 e. The summed E-state index contributed by atoms with van der Waals surface area (Å²) in [6.07, 6.45) is -4.93. The summed E-state index contributed by atoms with van der Waals surface area (Å²) in [5.74, 6) is 0. The lowest BCUT2D eigenvalue weighted by Crippen LogP contribution is -2.52. The monoisotopic (exact) mass is 188 g/mol. The van der Waals surface area contributed by atoms with Crippen molar-refractivity contribution in [1.82, 2.24) is 0 Å². The standard InChI is InChI=1S/C7H9F5/c1-4-5(2,8)6(3,9)7(10,11)12/h4H,1H2,2-3H3. The number of alkyl halides is 5. The van der Waals surface area contributed by atoms with Crippen LogP contribution in [0.25, 0.3) is 0 Å². The van der Waals surface area contributed by atoms with E-state index in [1.165, 1.54) is 0 Å². The molecule has 0 aliphatic rings. The number of allylic oxidation sites excluding steroid dienone is 1. The lowest BCUT2D eigenvalue weighted by Gasteiger charge is -2.32. The van der Waals surface area contributed by atoms with Crippen LogP contribution in [0.15, 0.2) is 12.7 Å². The third kappa shape index (κ3) is 1.59. The Morgan fingerprint density at radius 3 is 1.42 bits per heavy atom. The predicted molar refractivity (Wildman–Crippen MR) is 35.3 cm³/mol. The van der Waals surface area contributed by atoms with E-state index >= 15 is 0 Å². The molecule has 0 rings (SSSR count). The zero-order chi connectivity index (χ0) is 10.2. The molecule has 0 saturated carbocycles. The topological polar surface area (TPSA) is 0 Å². The largest absolute Gasteiger partial charge is 0.425 e. The summed E-state index contributed by atoms with van der Waals surface area (Å²) in [4.78, 5) is 0. The van der Waals surface area contributed by atoms with Crippen LogP contribution in [0.3, 0.4) is 0 Å². The average molecular weight is 188 g/mol. The molecule has 0 aromatic heterocycles. The van der Waals surface area contributed by atoms with Crippen LogP contribution < -0.4 is 0 Å². The zero-order valence-electron chi connectivity index (χ0n) is 6.67. The fraction of sp³-hybridized carbons (Fsp3) is 0.714. The van der Waals surface area contributed by atoms with Gasteiger partial charge in [0.05, 0.1) is 0 Å². The lowest BCUT2D eigenvalue weighted by molar-refractivity contribution is -0.254. The third-order valence-electron chi connectivity index (χ3n) is 1.83. The zero-order valence-corrected chi connectivity index (χ0v) is 6.67. The third-order valence-corrected chi connectivity index (χ3v) is 1.83. The molecule has 0 fully saturated rings. The van der Waals surface area contributed by atoms with Gasteiger partial charge in [0.2, 0.25) is 5.67 Å². The van der Waals surface area contributed by atoms with Crippen molar-refractivity contribution in [1.29, 1.82) is 0 Å². The second-order valence-electron chi connectivity index (χ2n) is 2.78. The van der Waals surface area contributed by atoms with E-state index in [9.17, 15) is 22.0 Å². The number of rotatable bonds is 2. The molecule has 0 aliphatic heterocycles. The highest BCUT2D eigenvalue weighted by molar-refractivity contribution is 5.09. The molecule has 2 unspecified atom stereocenters. The van der Waals surface area contributed by atoms with E-state index < -0.39 is 17.5 Å². The molecule has 0 N–H and O–H groups in total. The first-order chi connectivity index (χ1) is 5.06. The molecule has 0 heterocycles. The van der Waals surface area contributed by atoms with Crippen molar-refractivity contribution in [3.05, 3.63) is 12.7 Å². The van der Waals surface area contributed by atoms with Gasteiger partial charge in [0, 0.05) is 0 Å². The van der Waals surface area contributed by atoms with Crippen molar-refractivity contribution >= 4 is 0 Å². The quantitative estimate of drug-likeness (QED) is 0.461. The van der Waals surface area contributed by atoms with E-state index in [2.05, 4.69) is 6.58 Å². The summed E-state index contributed by atoms with van der Waals surface area (Å²) in [5.41, 5.74) is -7.01. The first kappa shape index (κ1) is 11.4. The minimum absolute atomic E-state index is 0.147. The van der Waals surface area contributed by atoms with Crippen molar-refractivity contribution in [3.8, 4) is 0 Å². The van der Waals surface area contributed by atoms with Gasteiger partial charge >= 0.3 is 6.18 Å². The summed E-state index contributed by atoms with van der Waals surface area (Å²) in [6.45, 7) is 3.44. The van der Waals surface area contributed by atoms with Gasteiger partial charge in [-0.2, -0.15) is 13.2 Å². The van der Waals surface area contributed by atoms with Gasteiger partial charge in [-0.1, -0.05) is 12.7 Å². The Morgan fingerprint density at radius 2 is 1.33 bits per heavy atom. The Bertz CT molecular complexity index is 177. The van der Waals surface area contributed by atoms with E-state index in [1.807, 2.05) is 0 Å². The van der Waals surface area contributed by atoms with Crippen LogP contribution in [-0.2, 0) is 0 Å². The molecule has 0 radical (unpaired) electrons. The molecule has 0 spiro atoms. The Morgan fingerprint density at radius 1 is 1.00 bits per heavy atom. The maximum atomic E-state index is 12.9. The smallest absolute Gasteiger partial charge is 0.236 e. The predicted octanol–water partition coefficient (Wildman–Crippen LogP) is 3.19. The number of hydrogen-bond donors (Lipinski definition) is 0. The SMILES string of the molecule is C=CC(C)(F)C(C)(F)C(F)(F)F. The van der Waals surface area contributed by atoms with Gasteiger partial charge in [-0.15, -0.1) is 0 Å². The average Bonchev–Trinajstić information content (AvgIpc) is 1.85. The van der Waals surface area contributed by atoms with Gasteiger partial charge in [-0.3, -0.25) is 0 Å². The van der Waals surface area contributed by atoms with E-state index in [0.717, 1.165) is 0 Å². The highest BCUT2D eigenvalue weighted by Crippen LogP contribution is 2.44. The first-order valence-electron chi connectivity index (χ1n) is 3.14. The minimum atomic E-state index is -5.23. The van der Waals surface area contributed by atoms with Gasteiger partial charge in [-0.05, 0) is 13.8 Å². The Hall–Kier alpha value is -0.610. The molecule has 12 heavy (non-hydrogen) atoms. The van der Waals surface area contributed by atoms with E-state index in [4.69, 9.17) is 0 Å². The fourth-order valence-electron chi connectivity index (χ4n) is 0.469. The van der Waals surface area contributed by atoms with E-state index in [1.54, 1.807) is 0 Å². The Balaban J connectivity index is 4.97. The molecule has 2 atom stereocenters. The Kier molecular flexibility index (Phi) is 2.57. The summed E-state index contributed by atoms with van der Waals surface area (Å²) in [5, 5.41) is 0. The van der Waals surface area contributed by atoms with Gasteiger partial charge < -0.3 is 0 Å². The molecule has 0 aliphatic carbocycles. The summed E-state index contributed by atoms with van der Waals surface area (Å²) < 4.78 is 61.2.